The summed E-state index contributed by atoms with van der Waals surface area (Å²) in [4.78, 5) is 22.3. The summed E-state index contributed by atoms with van der Waals surface area (Å²) in [6.45, 7) is 3.16. The molecule has 0 aliphatic carbocycles. The monoisotopic (exact) mass is 287 g/mol. The lowest BCUT2D eigenvalue weighted by atomic mass is 10.0. The smallest absolute Gasteiger partial charge is 0.308 e. The molecule has 2 N–H and O–H groups in total. The predicted molar refractivity (Wildman–Crippen MR) is 79.3 cm³/mol. The number of benzene rings is 2. The van der Waals surface area contributed by atoms with E-state index in [1.807, 2.05) is 18.2 Å². The number of nitrogens with two attached hydrogens (primary N) is 1. The third-order valence-corrected chi connectivity index (χ3v) is 2.91. The van der Waals surface area contributed by atoms with Crippen LogP contribution in [0.2, 0.25) is 0 Å². The van der Waals surface area contributed by atoms with Crippen molar-refractivity contribution in [1.29, 1.82) is 0 Å². The first-order valence-corrected chi connectivity index (χ1v) is 6.63. The van der Waals surface area contributed by atoms with Crippen LogP contribution < -0.4 is 15.2 Å². The van der Waals surface area contributed by atoms with Gasteiger partial charge in [0.1, 0.15) is 0 Å². The number of carbonyl (C=O) groups is 2. The molecule has 0 bridgehead atoms. The van der Waals surface area contributed by atoms with Gasteiger partial charge in [-0.15, -0.1) is 0 Å². The average Bonchev–Trinajstić information content (AvgIpc) is 2.39. The van der Waals surface area contributed by atoms with E-state index in [0.717, 1.165) is 22.8 Å². The highest BCUT2D eigenvalue weighted by molar-refractivity contribution is 5.88. The van der Waals surface area contributed by atoms with Crippen LogP contribution in [0.3, 0.4) is 0 Å². The van der Waals surface area contributed by atoms with Crippen molar-refractivity contribution in [1.82, 2.24) is 0 Å². The maximum Gasteiger partial charge on any atom is 0.308 e. The second kappa shape index (κ2) is 6.37. The van der Waals surface area contributed by atoms with E-state index in [-0.39, 0.29) is 11.5 Å². The first kappa shape index (κ1) is 15.0. The van der Waals surface area contributed by atoms with E-state index in [9.17, 15) is 9.59 Å². The van der Waals surface area contributed by atoms with Crippen molar-refractivity contribution in [3.63, 3.8) is 0 Å². The molecule has 5 nitrogen and oxygen atoms in total. The Morgan fingerprint density at radius 2 is 1.52 bits per heavy atom. The normalized spacial score (nSPS) is 10.4. The highest BCUT2D eigenvalue weighted by atomic mass is 16.6. The zero-order valence-corrected chi connectivity index (χ0v) is 12.0. The fraction of sp³-hybridized carbons (Fsp3) is 0.250. The number of ether oxygens (including phenoxy) is 2. The van der Waals surface area contributed by atoms with Crippen LogP contribution in [0.5, 0.6) is 11.5 Å². The van der Waals surface area contributed by atoms with Crippen LogP contribution in [-0.4, -0.2) is 18.5 Å². The molecule has 0 amide bonds. The second-order valence-corrected chi connectivity index (χ2v) is 4.71. The fourth-order valence-corrected chi connectivity index (χ4v) is 2.10. The van der Waals surface area contributed by atoms with Crippen LogP contribution >= 0.6 is 0 Å². The molecule has 0 saturated carbocycles. The van der Waals surface area contributed by atoms with Crippen molar-refractivity contribution in [2.24, 2.45) is 5.73 Å². The van der Waals surface area contributed by atoms with Crippen molar-refractivity contribution in [2.45, 2.75) is 20.3 Å². The molecule has 0 aromatic heterocycles. The SMILES string of the molecule is CC(=O)Oc1cc2ccc(CCN)cc2cc1OC(C)=O. The molecule has 0 fully saturated rings. The standard InChI is InChI=1S/C16H17NO4/c1-10(18)20-15-8-13-4-3-12(5-6-17)7-14(13)9-16(15)21-11(2)19/h3-4,7-9H,5-6,17H2,1-2H3. The number of esters is 2. The summed E-state index contributed by atoms with van der Waals surface area (Å²) in [6.07, 6.45) is 0.768. The number of hydrogen-bond acceptors (Lipinski definition) is 5. The second-order valence-electron chi connectivity index (χ2n) is 4.71. The summed E-state index contributed by atoms with van der Waals surface area (Å²) in [5.41, 5.74) is 6.65. The van der Waals surface area contributed by atoms with Gasteiger partial charge in [0, 0.05) is 13.8 Å². The van der Waals surface area contributed by atoms with E-state index in [1.54, 1.807) is 12.1 Å². The van der Waals surface area contributed by atoms with Gasteiger partial charge >= 0.3 is 11.9 Å². The Balaban J connectivity index is 2.52. The number of rotatable bonds is 4. The van der Waals surface area contributed by atoms with E-state index < -0.39 is 11.9 Å². The lowest BCUT2D eigenvalue weighted by Gasteiger charge is -2.11. The molecule has 0 unspecified atom stereocenters. The minimum Gasteiger partial charge on any atom is -0.423 e. The van der Waals surface area contributed by atoms with Crippen LogP contribution in [0.1, 0.15) is 19.4 Å². The number of hydrogen-bond donors (Lipinski definition) is 1. The van der Waals surface area contributed by atoms with Gasteiger partial charge in [-0.3, -0.25) is 9.59 Å². The molecule has 0 aliphatic rings. The molecule has 0 spiro atoms. The fourth-order valence-electron chi connectivity index (χ4n) is 2.10. The number of fused-ring (bicyclic) bond motifs is 1. The highest BCUT2D eigenvalue weighted by Gasteiger charge is 2.12. The van der Waals surface area contributed by atoms with Gasteiger partial charge in [-0.1, -0.05) is 18.2 Å². The lowest BCUT2D eigenvalue weighted by molar-refractivity contribution is -0.134. The first-order chi connectivity index (χ1) is 9.99. The molecule has 2 rings (SSSR count). The minimum atomic E-state index is -0.471. The van der Waals surface area contributed by atoms with Crippen molar-refractivity contribution in [2.75, 3.05) is 6.54 Å². The van der Waals surface area contributed by atoms with Gasteiger partial charge in [0.2, 0.25) is 0 Å². The molecule has 5 heteroatoms. The summed E-state index contributed by atoms with van der Waals surface area (Å²) in [7, 11) is 0. The maximum atomic E-state index is 11.2. The van der Waals surface area contributed by atoms with Crippen molar-refractivity contribution >= 4 is 22.7 Å². The summed E-state index contributed by atoms with van der Waals surface area (Å²) >= 11 is 0. The van der Waals surface area contributed by atoms with Gasteiger partial charge < -0.3 is 15.2 Å². The summed E-state index contributed by atoms with van der Waals surface area (Å²) < 4.78 is 10.2. The van der Waals surface area contributed by atoms with Gasteiger partial charge in [0.25, 0.3) is 0 Å². The van der Waals surface area contributed by atoms with Gasteiger partial charge in [-0.05, 0) is 41.4 Å². The third kappa shape index (κ3) is 3.79. The van der Waals surface area contributed by atoms with Crippen molar-refractivity contribution in [3.8, 4) is 11.5 Å². The maximum absolute atomic E-state index is 11.2. The van der Waals surface area contributed by atoms with Crippen LogP contribution in [0.15, 0.2) is 30.3 Å². The Hall–Kier alpha value is -2.40. The first-order valence-electron chi connectivity index (χ1n) is 6.63. The quantitative estimate of drug-likeness (QED) is 0.689. The predicted octanol–water partition coefficient (Wildman–Crippen LogP) is 2.19. The highest BCUT2D eigenvalue weighted by Crippen LogP contribution is 2.33. The molecule has 21 heavy (non-hydrogen) atoms. The van der Waals surface area contributed by atoms with Gasteiger partial charge in [-0.2, -0.15) is 0 Å². The van der Waals surface area contributed by atoms with Gasteiger partial charge in [0.05, 0.1) is 0 Å². The molecular weight excluding hydrogens is 270 g/mol. The zero-order chi connectivity index (χ0) is 15.4. The Morgan fingerprint density at radius 3 is 2.05 bits per heavy atom. The van der Waals surface area contributed by atoms with Crippen LogP contribution in [0, 0.1) is 0 Å². The van der Waals surface area contributed by atoms with Crippen LogP contribution in [-0.2, 0) is 16.0 Å². The molecule has 2 aromatic rings. The largest absolute Gasteiger partial charge is 0.423 e. The van der Waals surface area contributed by atoms with Gasteiger partial charge in [-0.25, -0.2) is 0 Å². The van der Waals surface area contributed by atoms with Crippen LogP contribution in [0.4, 0.5) is 0 Å². The molecular formula is C16H17NO4. The molecule has 0 saturated heterocycles. The molecule has 0 heterocycles. The lowest BCUT2D eigenvalue weighted by Crippen LogP contribution is -2.07. The zero-order valence-electron chi connectivity index (χ0n) is 12.0. The van der Waals surface area contributed by atoms with Crippen LogP contribution in [0.25, 0.3) is 10.8 Å². The molecule has 0 aliphatic heterocycles. The Kier molecular flexibility index (Phi) is 4.55. The molecule has 0 atom stereocenters. The Bertz CT molecular complexity index is 694. The Morgan fingerprint density at radius 1 is 0.952 bits per heavy atom. The average molecular weight is 287 g/mol. The summed E-state index contributed by atoms with van der Waals surface area (Å²) in [5, 5.41) is 1.79. The third-order valence-electron chi connectivity index (χ3n) is 2.91. The molecule has 110 valence electrons. The topological polar surface area (TPSA) is 78.6 Å². The van der Waals surface area contributed by atoms with Crippen molar-refractivity contribution < 1.29 is 19.1 Å². The Labute approximate surface area is 122 Å². The minimum absolute atomic E-state index is 0.232. The van der Waals surface area contributed by atoms with Gasteiger partial charge in [0.15, 0.2) is 11.5 Å². The molecule has 2 aromatic carbocycles. The summed E-state index contributed by atoms with van der Waals surface area (Å²) in [6, 6.07) is 9.24. The summed E-state index contributed by atoms with van der Waals surface area (Å²) in [5.74, 6) is -0.477. The van der Waals surface area contributed by atoms with E-state index in [2.05, 4.69) is 0 Å². The number of carbonyl (C=O) groups excluding carboxylic acids is 2. The van der Waals surface area contributed by atoms with Crippen molar-refractivity contribution in [3.05, 3.63) is 35.9 Å². The van der Waals surface area contributed by atoms with E-state index >= 15 is 0 Å². The van der Waals surface area contributed by atoms with E-state index in [4.69, 9.17) is 15.2 Å². The van der Waals surface area contributed by atoms with E-state index in [1.165, 1.54) is 13.8 Å². The molecule has 0 radical (unpaired) electrons. The van der Waals surface area contributed by atoms with E-state index in [0.29, 0.717) is 6.54 Å².